The Bertz CT molecular complexity index is 147. The van der Waals surface area contributed by atoms with Crippen molar-refractivity contribution in [3.63, 3.8) is 0 Å². The van der Waals surface area contributed by atoms with Crippen LogP contribution in [-0.2, 0) is 0 Å². The highest BCUT2D eigenvalue weighted by Gasteiger charge is 2.28. The fourth-order valence-electron chi connectivity index (χ4n) is 2.41. The molecular formula is C12H24O2. The zero-order valence-corrected chi connectivity index (χ0v) is 9.28. The molecule has 0 aliphatic heterocycles. The van der Waals surface area contributed by atoms with Gasteiger partial charge in [-0.1, -0.05) is 39.0 Å². The zero-order valence-electron chi connectivity index (χ0n) is 9.28. The van der Waals surface area contributed by atoms with Gasteiger partial charge in [-0.3, -0.25) is 0 Å². The number of rotatable bonds is 5. The zero-order chi connectivity index (χ0) is 10.4. The molecule has 0 radical (unpaired) electrons. The smallest absolute Gasteiger partial charge is 0.0593 e. The van der Waals surface area contributed by atoms with Crippen LogP contribution in [0.25, 0.3) is 0 Å². The molecule has 0 saturated heterocycles. The summed E-state index contributed by atoms with van der Waals surface area (Å²) in [5.41, 5.74) is 0. The molecule has 0 spiro atoms. The van der Waals surface area contributed by atoms with E-state index in [0.717, 1.165) is 32.1 Å². The first-order valence-corrected chi connectivity index (χ1v) is 6.11. The maximum absolute atomic E-state index is 9.91. The first-order chi connectivity index (χ1) is 6.75. The SMILES string of the molecule is CCCCCC(O)C1CCCCC1O. The first-order valence-electron chi connectivity index (χ1n) is 6.11. The molecule has 0 aromatic heterocycles. The Labute approximate surface area is 87.3 Å². The highest BCUT2D eigenvalue weighted by molar-refractivity contribution is 4.80. The standard InChI is InChI=1S/C12H24O2/c1-2-3-4-8-11(13)10-7-5-6-9-12(10)14/h10-14H,2-9H2,1H3. The van der Waals surface area contributed by atoms with Gasteiger partial charge >= 0.3 is 0 Å². The summed E-state index contributed by atoms with van der Waals surface area (Å²) < 4.78 is 0. The van der Waals surface area contributed by atoms with Gasteiger partial charge in [-0.2, -0.15) is 0 Å². The molecule has 0 bridgehead atoms. The maximum Gasteiger partial charge on any atom is 0.0593 e. The lowest BCUT2D eigenvalue weighted by Crippen LogP contribution is -2.34. The van der Waals surface area contributed by atoms with Gasteiger partial charge in [0.25, 0.3) is 0 Å². The van der Waals surface area contributed by atoms with Crippen molar-refractivity contribution >= 4 is 0 Å². The maximum atomic E-state index is 9.91. The molecule has 84 valence electrons. The average Bonchev–Trinajstić information content (AvgIpc) is 2.18. The van der Waals surface area contributed by atoms with Crippen molar-refractivity contribution in [2.24, 2.45) is 5.92 Å². The van der Waals surface area contributed by atoms with Gasteiger partial charge in [0.05, 0.1) is 12.2 Å². The van der Waals surface area contributed by atoms with Crippen molar-refractivity contribution in [3.8, 4) is 0 Å². The fourth-order valence-corrected chi connectivity index (χ4v) is 2.41. The van der Waals surface area contributed by atoms with E-state index in [1.807, 2.05) is 0 Å². The minimum Gasteiger partial charge on any atom is -0.393 e. The third kappa shape index (κ3) is 3.58. The second kappa shape index (κ2) is 6.41. The van der Waals surface area contributed by atoms with E-state index in [2.05, 4.69) is 6.92 Å². The monoisotopic (exact) mass is 200 g/mol. The molecular weight excluding hydrogens is 176 g/mol. The van der Waals surface area contributed by atoms with E-state index < -0.39 is 0 Å². The molecule has 0 aromatic carbocycles. The Hall–Kier alpha value is -0.0800. The molecule has 3 atom stereocenters. The molecule has 14 heavy (non-hydrogen) atoms. The van der Waals surface area contributed by atoms with E-state index in [4.69, 9.17) is 0 Å². The second-order valence-electron chi connectivity index (χ2n) is 4.58. The summed E-state index contributed by atoms with van der Waals surface area (Å²) in [5, 5.41) is 19.6. The van der Waals surface area contributed by atoms with Crippen LogP contribution in [0.5, 0.6) is 0 Å². The summed E-state index contributed by atoms with van der Waals surface area (Å²) in [7, 11) is 0. The van der Waals surface area contributed by atoms with Crippen molar-refractivity contribution in [3.05, 3.63) is 0 Å². The van der Waals surface area contributed by atoms with Crippen LogP contribution in [0, 0.1) is 5.92 Å². The number of hydrogen-bond donors (Lipinski definition) is 2. The summed E-state index contributed by atoms with van der Waals surface area (Å²) in [6.45, 7) is 2.17. The predicted molar refractivity (Wildman–Crippen MR) is 58.1 cm³/mol. The van der Waals surface area contributed by atoms with Crippen molar-refractivity contribution in [2.45, 2.75) is 70.5 Å². The van der Waals surface area contributed by atoms with E-state index in [0.29, 0.717) is 0 Å². The minimum absolute atomic E-state index is 0.153. The van der Waals surface area contributed by atoms with Crippen LogP contribution < -0.4 is 0 Å². The lowest BCUT2D eigenvalue weighted by molar-refractivity contribution is -0.0163. The van der Waals surface area contributed by atoms with Crippen LogP contribution in [0.15, 0.2) is 0 Å². The quantitative estimate of drug-likeness (QED) is 0.669. The minimum atomic E-state index is -0.267. The van der Waals surface area contributed by atoms with Gasteiger partial charge in [-0.15, -0.1) is 0 Å². The summed E-state index contributed by atoms with van der Waals surface area (Å²) >= 11 is 0. The summed E-state index contributed by atoms with van der Waals surface area (Å²) in [6.07, 6.45) is 8.03. The van der Waals surface area contributed by atoms with E-state index in [1.165, 1.54) is 19.3 Å². The van der Waals surface area contributed by atoms with Crippen molar-refractivity contribution in [2.75, 3.05) is 0 Å². The van der Waals surface area contributed by atoms with Gasteiger partial charge in [-0.25, -0.2) is 0 Å². The molecule has 2 N–H and O–H groups in total. The number of hydrogen-bond acceptors (Lipinski definition) is 2. The van der Waals surface area contributed by atoms with Crippen LogP contribution in [0.1, 0.15) is 58.3 Å². The molecule has 0 amide bonds. The average molecular weight is 200 g/mol. The van der Waals surface area contributed by atoms with Crippen molar-refractivity contribution in [1.29, 1.82) is 0 Å². The predicted octanol–water partition coefficient (Wildman–Crippen LogP) is 2.48. The fraction of sp³-hybridized carbons (Fsp3) is 1.00. The molecule has 1 rings (SSSR count). The topological polar surface area (TPSA) is 40.5 Å². The van der Waals surface area contributed by atoms with Crippen LogP contribution >= 0.6 is 0 Å². The highest BCUT2D eigenvalue weighted by Crippen LogP contribution is 2.28. The number of unbranched alkanes of at least 4 members (excludes halogenated alkanes) is 2. The summed E-state index contributed by atoms with van der Waals surface area (Å²) in [4.78, 5) is 0. The van der Waals surface area contributed by atoms with Gasteiger partial charge in [-0.05, 0) is 19.3 Å². The van der Waals surface area contributed by atoms with Crippen LogP contribution in [-0.4, -0.2) is 22.4 Å². The van der Waals surface area contributed by atoms with E-state index in [1.54, 1.807) is 0 Å². The molecule has 2 nitrogen and oxygen atoms in total. The lowest BCUT2D eigenvalue weighted by Gasteiger charge is -2.31. The Balaban J connectivity index is 2.23. The van der Waals surface area contributed by atoms with Crippen molar-refractivity contribution < 1.29 is 10.2 Å². The van der Waals surface area contributed by atoms with Gasteiger partial charge in [0.2, 0.25) is 0 Å². The van der Waals surface area contributed by atoms with E-state index in [9.17, 15) is 10.2 Å². The molecule has 1 aliphatic rings. The van der Waals surface area contributed by atoms with Gasteiger partial charge in [0.1, 0.15) is 0 Å². The van der Waals surface area contributed by atoms with Gasteiger partial charge in [0.15, 0.2) is 0 Å². The van der Waals surface area contributed by atoms with Crippen LogP contribution in [0.4, 0.5) is 0 Å². The Morgan fingerprint density at radius 2 is 1.93 bits per heavy atom. The molecule has 1 saturated carbocycles. The summed E-state index contributed by atoms with van der Waals surface area (Å²) in [6, 6.07) is 0. The highest BCUT2D eigenvalue weighted by atomic mass is 16.3. The van der Waals surface area contributed by atoms with Gasteiger partial charge < -0.3 is 10.2 Å². The first kappa shape index (κ1) is 12.0. The normalized spacial score (nSPS) is 30.2. The largest absolute Gasteiger partial charge is 0.393 e. The number of aliphatic hydroxyl groups is 2. The van der Waals surface area contributed by atoms with E-state index >= 15 is 0 Å². The summed E-state index contributed by atoms with van der Waals surface area (Å²) in [5.74, 6) is 0.153. The molecule has 1 fully saturated rings. The molecule has 0 heterocycles. The van der Waals surface area contributed by atoms with Gasteiger partial charge in [0, 0.05) is 5.92 Å². The third-order valence-electron chi connectivity index (χ3n) is 3.38. The second-order valence-corrected chi connectivity index (χ2v) is 4.58. The molecule has 2 heteroatoms. The Kier molecular flexibility index (Phi) is 5.49. The Morgan fingerprint density at radius 3 is 2.57 bits per heavy atom. The third-order valence-corrected chi connectivity index (χ3v) is 3.38. The van der Waals surface area contributed by atoms with Crippen molar-refractivity contribution in [1.82, 2.24) is 0 Å². The Morgan fingerprint density at radius 1 is 1.21 bits per heavy atom. The van der Waals surface area contributed by atoms with Crippen LogP contribution in [0.2, 0.25) is 0 Å². The lowest BCUT2D eigenvalue weighted by atomic mass is 9.81. The van der Waals surface area contributed by atoms with Crippen LogP contribution in [0.3, 0.4) is 0 Å². The molecule has 3 unspecified atom stereocenters. The van der Waals surface area contributed by atoms with E-state index in [-0.39, 0.29) is 18.1 Å². The molecule has 0 aromatic rings. The molecule has 1 aliphatic carbocycles. The number of aliphatic hydroxyl groups excluding tert-OH is 2.